The molecule has 3 nitrogen and oxygen atoms in total. The SMILES string of the molecule is CC(C)(CCO)CNC1CCN(c2ccccc2)CC1. The van der Waals surface area contributed by atoms with Gasteiger partial charge in [0.05, 0.1) is 0 Å². The Hall–Kier alpha value is -1.06. The van der Waals surface area contributed by atoms with Crippen LogP contribution in [-0.4, -0.2) is 37.4 Å². The molecule has 2 rings (SSSR count). The zero-order chi connectivity index (χ0) is 14.4. The van der Waals surface area contributed by atoms with E-state index < -0.39 is 0 Å². The summed E-state index contributed by atoms with van der Waals surface area (Å²) in [6, 6.07) is 11.3. The van der Waals surface area contributed by atoms with Gasteiger partial charge in [-0.1, -0.05) is 32.0 Å². The molecule has 1 saturated heterocycles. The molecule has 1 aliphatic rings. The van der Waals surface area contributed by atoms with Crippen molar-refractivity contribution in [3.63, 3.8) is 0 Å². The minimum absolute atomic E-state index is 0.186. The third-order valence-corrected chi connectivity index (χ3v) is 4.27. The van der Waals surface area contributed by atoms with Gasteiger partial charge in [-0.25, -0.2) is 0 Å². The third-order valence-electron chi connectivity index (χ3n) is 4.27. The van der Waals surface area contributed by atoms with E-state index in [1.807, 2.05) is 0 Å². The van der Waals surface area contributed by atoms with Gasteiger partial charge in [0.15, 0.2) is 0 Å². The van der Waals surface area contributed by atoms with Gasteiger partial charge in [0, 0.05) is 38.0 Å². The Kier molecular flexibility index (Phi) is 5.44. The molecule has 20 heavy (non-hydrogen) atoms. The van der Waals surface area contributed by atoms with Crippen molar-refractivity contribution in [2.75, 3.05) is 31.1 Å². The smallest absolute Gasteiger partial charge is 0.0436 e. The lowest BCUT2D eigenvalue weighted by atomic mass is 9.89. The molecule has 0 saturated carbocycles. The number of rotatable bonds is 6. The van der Waals surface area contributed by atoms with Crippen molar-refractivity contribution >= 4 is 5.69 Å². The fourth-order valence-electron chi connectivity index (χ4n) is 2.79. The largest absolute Gasteiger partial charge is 0.396 e. The normalized spacial score (nSPS) is 17.4. The van der Waals surface area contributed by atoms with Crippen LogP contribution in [0.4, 0.5) is 5.69 Å². The van der Waals surface area contributed by atoms with E-state index in [4.69, 9.17) is 5.11 Å². The maximum Gasteiger partial charge on any atom is 0.0436 e. The van der Waals surface area contributed by atoms with Crippen molar-refractivity contribution in [1.82, 2.24) is 5.32 Å². The number of benzene rings is 1. The van der Waals surface area contributed by atoms with Crippen LogP contribution in [-0.2, 0) is 0 Å². The summed E-state index contributed by atoms with van der Waals surface area (Å²) < 4.78 is 0. The lowest BCUT2D eigenvalue weighted by molar-refractivity contribution is 0.200. The van der Waals surface area contributed by atoms with Crippen LogP contribution in [0, 0.1) is 5.41 Å². The summed E-state index contributed by atoms with van der Waals surface area (Å²) in [5.74, 6) is 0. The zero-order valence-electron chi connectivity index (χ0n) is 12.8. The second-order valence-electron chi connectivity index (χ2n) is 6.62. The topological polar surface area (TPSA) is 35.5 Å². The first-order valence-electron chi connectivity index (χ1n) is 7.75. The number of nitrogens with one attached hydrogen (secondary N) is 1. The standard InChI is InChI=1S/C17H28N2O/c1-17(2,10-13-20)14-18-15-8-11-19(12-9-15)16-6-4-3-5-7-16/h3-7,15,18,20H,8-14H2,1-2H3. The van der Waals surface area contributed by atoms with E-state index >= 15 is 0 Å². The van der Waals surface area contributed by atoms with Gasteiger partial charge in [-0.2, -0.15) is 0 Å². The van der Waals surface area contributed by atoms with Gasteiger partial charge in [0.2, 0.25) is 0 Å². The first-order chi connectivity index (χ1) is 9.61. The molecule has 0 aromatic heterocycles. The summed E-state index contributed by atoms with van der Waals surface area (Å²) in [5, 5.41) is 12.7. The highest BCUT2D eigenvalue weighted by atomic mass is 16.3. The predicted molar refractivity (Wildman–Crippen MR) is 85.2 cm³/mol. The van der Waals surface area contributed by atoms with Crippen molar-refractivity contribution < 1.29 is 5.11 Å². The van der Waals surface area contributed by atoms with Crippen molar-refractivity contribution in [2.45, 2.75) is 39.2 Å². The number of piperidine rings is 1. The molecule has 1 heterocycles. The maximum atomic E-state index is 9.07. The molecule has 3 heteroatoms. The number of hydrogen-bond acceptors (Lipinski definition) is 3. The zero-order valence-corrected chi connectivity index (χ0v) is 12.8. The monoisotopic (exact) mass is 276 g/mol. The fourth-order valence-corrected chi connectivity index (χ4v) is 2.79. The summed E-state index contributed by atoms with van der Waals surface area (Å²) in [6.07, 6.45) is 3.26. The van der Waals surface area contributed by atoms with Crippen LogP contribution in [0.5, 0.6) is 0 Å². The van der Waals surface area contributed by atoms with Crippen LogP contribution in [0.2, 0.25) is 0 Å². The molecule has 1 aliphatic heterocycles. The van der Waals surface area contributed by atoms with Gasteiger partial charge in [-0.05, 0) is 36.8 Å². The second kappa shape index (κ2) is 7.09. The molecule has 2 N–H and O–H groups in total. The first-order valence-corrected chi connectivity index (χ1v) is 7.75. The lowest BCUT2D eigenvalue weighted by Gasteiger charge is -2.36. The summed E-state index contributed by atoms with van der Waals surface area (Å²) in [7, 11) is 0. The van der Waals surface area contributed by atoms with Gasteiger partial charge >= 0.3 is 0 Å². The highest BCUT2D eigenvalue weighted by Crippen LogP contribution is 2.22. The molecular formula is C17H28N2O. The fraction of sp³-hybridized carbons (Fsp3) is 0.647. The number of para-hydroxylation sites is 1. The number of nitrogens with zero attached hydrogens (tertiary/aromatic N) is 1. The summed E-state index contributed by atoms with van der Waals surface area (Å²) in [6.45, 7) is 7.96. The number of aliphatic hydroxyl groups excluding tert-OH is 1. The van der Waals surface area contributed by atoms with E-state index in [2.05, 4.69) is 54.4 Å². The number of aliphatic hydroxyl groups is 1. The average Bonchev–Trinajstić information content (AvgIpc) is 2.47. The molecule has 112 valence electrons. The summed E-state index contributed by atoms with van der Waals surface area (Å²) in [4.78, 5) is 2.47. The van der Waals surface area contributed by atoms with Crippen molar-refractivity contribution in [3.05, 3.63) is 30.3 Å². The Morgan fingerprint density at radius 3 is 2.45 bits per heavy atom. The Labute approximate surface area is 123 Å². The van der Waals surface area contributed by atoms with Crippen LogP contribution in [0.15, 0.2) is 30.3 Å². The van der Waals surface area contributed by atoms with E-state index in [1.54, 1.807) is 0 Å². The van der Waals surface area contributed by atoms with Crippen LogP contribution >= 0.6 is 0 Å². The van der Waals surface area contributed by atoms with Crippen molar-refractivity contribution in [3.8, 4) is 0 Å². The van der Waals surface area contributed by atoms with Crippen LogP contribution in [0.1, 0.15) is 33.1 Å². The molecule has 0 bridgehead atoms. The minimum atomic E-state index is 0.186. The third kappa shape index (κ3) is 4.50. The summed E-state index contributed by atoms with van der Waals surface area (Å²) in [5.41, 5.74) is 1.53. The van der Waals surface area contributed by atoms with E-state index in [1.165, 1.54) is 18.5 Å². The lowest BCUT2D eigenvalue weighted by Crippen LogP contribution is -2.45. The minimum Gasteiger partial charge on any atom is -0.396 e. The van der Waals surface area contributed by atoms with E-state index in [0.29, 0.717) is 6.04 Å². The maximum absolute atomic E-state index is 9.07. The highest BCUT2D eigenvalue weighted by molar-refractivity contribution is 5.46. The first kappa shape index (κ1) is 15.3. The Morgan fingerprint density at radius 1 is 1.20 bits per heavy atom. The van der Waals surface area contributed by atoms with Crippen molar-refractivity contribution in [2.24, 2.45) is 5.41 Å². The molecule has 0 radical (unpaired) electrons. The molecule has 0 spiro atoms. The Balaban J connectivity index is 1.75. The van der Waals surface area contributed by atoms with Gasteiger partial charge < -0.3 is 15.3 Å². The van der Waals surface area contributed by atoms with Crippen LogP contribution in [0.3, 0.4) is 0 Å². The molecule has 0 unspecified atom stereocenters. The van der Waals surface area contributed by atoms with Crippen molar-refractivity contribution in [1.29, 1.82) is 0 Å². The van der Waals surface area contributed by atoms with Crippen LogP contribution in [0.25, 0.3) is 0 Å². The molecule has 1 aromatic carbocycles. The van der Waals surface area contributed by atoms with E-state index in [0.717, 1.165) is 26.1 Å². The molecule has 0 amide bonds. The van der Waals surface area contributed by atoms with Crippen LogP contribution < -0.4 is 10.2 Å². The van der Waals surface area contributed by atoms with Gasteiger partial charge in [0.1, 0.15) is 0 Å². The second-order valence-corrected chi connectivity index (χ2v) is 6.62. The predicted octanol–water partition coefficient (Wildman–Crippen LogP) is 2.65. The van der Waals surface area contributed by atoms with Gasteiger partial charge in [-0.3, -0.25) is 0 Å². The number of hydrogen-bond donors (Lipinski definition) is 2. The molecule has 0 atom stereocenters. The molecule has 0 aliphatic carbocycles. The highest BCUT2D eigenvalue weighted by Gasteiger charge is 2.22. The molecule has 1 aromatic rings. The number of anilines is 1. The Morgan fingerprint density at radius 2 is 1.85 bits per heavy atom. The molecule has 1 fully saturated rings. The Bertz CT molecular complexity index is 383. The van der Waals surface area contributed by atoms with Gasteiger partial charge in [-0.15, -0.1) is 0 Å². The van der Waals surface area contributed by atoms with E-state index in [9.17, 15) is 0 Å². The van der Waals surface area contributed by atoms with E-state index in [-0.39, 0.29) is 12.0 Å². The average molecular weight is 276 g/mol. The van der Waals surface area contributed by atoms with Gasteiger partial charge in [0.25, 0.3) is 0 Å². The molecular weight excluding hydrogens is 248 g/mol. The quantitative estimate of drug-likeness (QED) is 0.838. The summed E-state index contributed by atoms with van der Waals surface area (Å²) >= 11 is 0.